The van der Waals surface area contributed by atoms with Gasteiger partial charge in [-0.1, -0.05) is 0 Å². The second-order valence-electron chi connectivity index (χ2n) is 4.20. The highest BCUT2D eigenvalue weighted by atomic mass is 19.4. The summed E-state index contributed by atoms with van der Waals surface area (Å²) in [7, 11) is 0. The zero-order valence-corrected chi connectivity index (χ0v) is 10.6. The third kappa shape index (κ3) is 3.45. The van der Waals surface area contributed by atoms with Gasteiger partial charge >= 0.3 is 12.4 Å². The van der Waals surface area contributed by atoms with Crippen molar-refractivity contribution < 1.29 is 26.3 Å². The Labute approximate surface area is 120 Å². The van der Waals surface area contributed by atoms with Gasteiger partial charge in [0.2, 0.25) is 0 Å². The SMILES string of the molecule is NNc1ccnc(-c2cc(C(F)(F)F)cc(C(F)(F)F)c2)n1. The molecule has 0 aliphatic carbocycles. The van der Waals surface area contributed by atoms with Gasteiger partial charge in [-0.15, -0.1) is 0 Å². The Kier molecular flexibility index (Phi) is 3.96. The molecule has 1 aromatic heterocycles. The third-order valence-electron chi connectivity index (χ3n) is 2.65. The van der Waals surface area contributed by atoms with Gasteiger partial charge in [0.05, 0.1) is 11.1 Å². The first-order valence-electron chi connectivity index (χ1n) is 5.71. The first-order chi connectivity index (χ1) is 10.1. The van der Waals surface area contributed by atoms with Crippen LogP contribution in [0, 0.1) is 0 Å². The highest BCUT2D eigenvalue weighted by Gasteiger charge is 2.37. The summed E-state index contributed by atoms with van der Waals surface area (Å²) in [6.07, 6.45) is -8.70. The summed E-state index contributed by atoms with van der Waals surface area (Å²) in [6.45, 7) is 0. The molecular weight excluding hydrogens is 314 g/mol. The van der Waals surface area contributed by atoms with Gasteiger partial charge < -0.3 is 5.43 Å². The Morgan fingerprint density at radius 2 is 1.45 bits per heavy atom. The van der Waals surface area contributed by atoms with Crippen molar-refractivity contribution in [3.8, 4) is 11.4 Å². The molecule has 1 aromatic carbocycles. The monoisotopic (exact) mass is 322 g/mol. The van der Waals surface area contributed by atoms with Crippen LogP contribution in [0.3, 0.4) is 0 Å². The van der Waals surface area contributed by atoms with E-state index in [9.17, 15) is 26.3 Å². The van der Waals surface area contributed by atoms with Gasteiger partial charge in [0.25, 0.3) is 0 Å². The van der Waals surface area contributed by atoms with E-state index in [2.05, 4.69) is 15.4 Å². The van der Waals surface area contributed by atoms with E-state index in [1.165, 1.54) is 6.07 Å². The van der Waals surface area contributed by atoms with Crippen LogP contribution in [-0.2, 0) is 12.4 Å². The largest absolute Gasteiger partial charge is 0.416 e. The molecule has 0 saturated heterocycles. The summed E-state index contributed by atoms with van der Waals surface area (Å²) >= 11 is 0. The molecular formula is C12H8F6N4. The summed E-state index contributed by atoms with van der Waals surface area (Å²) in [5, 5.41) is 0. The van der Waals surface area contributed by atoms with Crippen LogP contribution in [0.4, 0.5) is 32.2 Å². The molecule has 0 radical (unpaired) electrons. The lowest BCUT2D eigenvalue weighted by Gasteiger charge is -2.13. The number of hydrazine groups is 1. The smallest absolute Gasteiger partial charge is 0.308 e. The van der Waals surface area contributed by atoms with Crippen molar-refractivity contribution in [3.05, 3.63) is 41.6 Å². The van der Waals surface area contributed by atoms with E-state index in [1.54, 1.807) is 0 Å². The van der Waals surface area contributed by atoms with Crippen LogP contribution in [-0.4, -0.2) is 9.97 Å². The van der Waals surface area contributed by atoms with Gasteiger partial charge in [-0.2, -0.15) is 26.3 Å². The molecule has 2 rings (SSSR count). The summed E-state index contributed by atoms with van der Waals surface area (Å²) < 4.78 is 76.5. The van der Waals surface area contributed by atoms with Crippen LogP contribution in [0.2, 0.25) is 0 Å². The average molecular weight is 322 g/mol. The molecule has 3 N–H and O–H groups in total. The molecule has 1 heterocycles. The molecule has 0 bridgehead atoms. The van der Waals surface area contributed by atoms with Crippen molar-refractivity contribution in [2.75, 3.05) is 5.43 Å². The number of nitrogen functional groups attached to an aromatic ring is 1. The number of halogens is 6. The highest BCUT2D eigenvalue weighted by molar-refractivity contribution is 5.60. The van der Waals surface area contributed by atoms with E-state index >= 15 is 0 Å². The van der Waals surface area contributed by atoms with Crippen molar-refractivity contribution in [1.82, 2.24) is 9.97 Å². The molecule has 0 aliphatic heterocycles. The number of benzene rings is 1. The lowest BCUT2D eigenvalue weighted by Crippen LogP contribution is -2.12. The molecule has 4 nitrogen and oxygen atoms in total. The zero-order valence-electron chi connectivity index (χ0n) is 10.6. The number of hydrogen-bond acceptors (Lipinski definition) is 4. The Morgan fingerprint density at radius 1 is 0.909 bits per heavy atom. The topological polar surface area (TPSA) is 63.8 Å². The van der Waals surface area contributed by atoms with Crippen LogP contribution in [0.15, 0.2) is 30.5 Å². The molecule has 0 aliphatic rings. The number of aromatic nitrogens is 2. The standard InChI is InChI=1S/C12H8F6N4/c13-11(14,15)7-3-6(4-8(5-7)12(16,17)18)10-20-2-1-9(21-10)22-19/h1-5H,19H2,(H,20,21,22). The van der Waals surface area contributed by atoms with Crippen LogP contribution in [0.25, 0.3) is 11.4 Å². The molecule has 10 heteroatoms. The minimum absolute atomic E-state index is 0.0362. The number of anilines is 1. The second-order valence-corrected chi connectivity index (χ2v) is 4.20. The number of nitrogens with two attached hydrogens (primary N) is 1. The summed E-state index contributed by atoms with van der Waals surface area (Å²) in [6, 6.07) is 2.44. The lowest BCUT2D eigenvalue weighted by atomic mass is 10.0. The normalized spacial score (nSPS) is 12.3. The zero-order chi connectivity index (χ0) is 16.5. The maximum Gasteiger partial charge on any atom is 0.416 e. The summed E-state index contributed by atoms with van der Waals surface area (Å²) in [4.78, 5) is 7.39. The van der Waals surface area contributed by atoms with Crippen LogP contribution < -0.4 is 11.3 Å². The van der Waals surface area contributed by atoms with Gasteiger partial charge in [0, 0.05) is 17.8 Å². The Bertz CT molecular complexity index is 648. The Morgan fingerprint density at radius 3 is 1.91 bits per heavy atom. The fourth-order valence-electron chi connectivity index (χ4n) is 1.66. The predicted molar refractivity (Wildman–Crippen MR) is 65.3 cm³/mol. The first kappa shape index (κ1) is 16.0. The Balaban J connectivity index is 2.64. The number of hydrogen-bond donors (Lipinski definition) is 2. The van der Waals surface area contributed by atoms with Crippen LogP contribution in [0.1, 0.15) is 11.1 Å². The van der Waals surface area contributed by atoms with E-state index < -0.39 is 29.0 Å². The van der Waals surface area contributed by atoms with Gasteiger partial charge in [-0.25, -0.2) is 15.8 Å². The maximum atomic E-state index is 12.8. The van der Waals surface area contributed by atoms with Crippen molar-refractivity contribution >= 4 is 5.82 Å². The number of rotatable bonds is 2. The van der Waals surface area contributed by atoms with Gasteiger partial charge in [-0.05, 0) is 18.2 Å². The molecule has 2 aromatic rings. The molecule has 0 amide bonds. The number of alkyl halides is 6. The average Bonchev–Trinajstić information content (AvgIpc) is 2.45. The maximum absolute atomic E-state index is 12.8. The fourth-order valence-corrected chi connectivity index (χ4v) is 1.66. The summed E-state index contributed by atoms with van der Waals surface area (Å²) in [5.41, 5.74) is -1.16. The predicted octanol–water partition coefficient (Wildman–Crippen LogP) is 3.47. The Hall–Kier alpha value is -2.36. The molecule has 0 unspecified atom stereocenters. The molecule has 22 heavy (non-hydrogen) atoms. The van der Waals surface area contributed by atoms with E-state index in [0.717, 1.165) is 6.20 Å². The van der Waals surface area contributed by atoms with Crippen molar-refractivity contribution in [2.24, 2.45) is 5.84 Å². The van der Waals surface area contributed by atoms with Crippen LogP contribution >= 0.6 is 0 Å². The van der Waals surface area contributed by atoms with Crippen molar-refractivity contribution in [1.29, 1.82) is 0 Å². The van der Waals surface area contributed by atoms with Crippen LogP contribution in [0.5, 0.6) is 0 Å². The van der Waals surface area contributed by atoms with Crippen molar-refractivity contribution in [2.45, 2.75) is 12.4 Å². The molecule has 0 saturated carbocycles. The second kappa shape index (κ2) is 5.44. The quantitative estimate of drug-likeness (QED) is 0.505. The molecule has 118 valence electrons. The van der Waals surface area contributed by atoms with E-state index in [1.807, 2.05) is 0 Å². The van der Waals surface area contributed by atoms with Gasteiger partial charge in [0.1, 0.15) is 5.82 Å². The third-order valence-corrected chi connectivity index (χ3v) is 2.65. The minimum atomic E-state index is -4.93. The molecule has 0 spiro atoms. The highest BCUT2D eigenvalue weighted by Crippen LogP contribution is 2.38. The number of nitrogens with one attached hydrogen (secondary N) is 1. The van der Waals surface area contributed by atoms with E-state index in [4.69, 9.17) is 5.84 Å². The first-order valence-corrected chi connectivity index (χ1v) is 5.71. The number of nitrogens with zero attached hydrogens (tertiary/aromatic N) is 2. The van der Waals surface area contributed by atoms with Gasteiger partial charge in [0.15, 0.2) is 5.82 Å². The van der Waals surface area contributed by atoms with Gasteiger partial charge in [-0.3, -0.25) is 0 Å². The lowest BCUT2D eigenvalue weighted by molar-refractivity contribution is -0.143. The molecule has 0 fully saturated rings. The molecule has 0 atom stereocenters. The van der Waals surface area contributed by atoms with Crippen molar-refractivity contribution in [3.63, 3.8) is 0 Å². The summed E-state index contributed by atoms with van der Waals surface area (Å²) in [5.74, 6) is 4.83. The van der Waals surface area contributed by atoms with E-state index in [0.29, 0.717) is 12.1 Å². The van der Waals surface area contributed by atoms with E-state index in [-0.39, 0.29) is 17.7 Å². The minimum Gasteiger partial charge on any atom is -0.308 e. The fraction of sp³-hybridized carbons (Fsp3) is 0.167.